The molecule has 1 aliphatic heterocycles. The lowest BCUT2D eigenvalue weighted by atomic mass is 9.92. The second-order valence-electron chi connectivity index (χ2n) is 8.05. The van der Waals surface area contributed by atoms with E-state index >= 15 is 0 Å². The highest BCUT2D eigenvalue weighted by atomic mass is 16.5. The van der Waals surface area contributed by atoms with Crippen molar-refractivity contribution >= 4 is 0 Å². The van der Waals surface area contributed by atoms with Gasteiger partial charge in [0, 0.05) is 56.3 Å². The van der Waals surface area contributed by atoms with E-state index < -0.39 is 0 Å². The van der Waals surface area contributed by atoms with Crippen LogP contribution in [0, 0.1) is 6.92 Å². The topological polar surface area (TPSA) is 67.4 Å². The molecule has 3 rings (SSSR count). The van der Waals surface area contributed by atoms with Crippen LogP contribution in [0.4, 0.5) is 0 Å². The minimum atomic E-state index is -0.0544. The third-order valence-electron chi connectivity index (χ3n) is 4.97. The van der Waals surface area contributed by atoms with Gasteiger partial charge in [-0.2, -0.15) is 5.10 Å². The number of rotatable bonds is 5. The smallest absolute Gasteiger partial charge is 0.266 e. The molecule has 0 radical (unpaired) electrons. The van der Waals surface area contributed by atoms with Gasteiger partial charge in [0.2, 0.25) is 0 Å². The van der Waals surface area contributed by atoms with Crippen LogP contribution < -0.4 is 5.56 Å². The van der Waals surface area contributed by atoms with Crippen LogP contribution in [0.25, 0.3) is 0 Å². The number of piperazine rings is 1. The molecule has 2 aromatic heterocycles. The van der Waals surface area contributed by atoms with E-state index in [1.807, 2.05) is 19.2 Å². The van der Waals surface area contributed by atoms with Crippen LogP contribution in [0.3, 0.4) is 0 Å². The van der Waals surface area contributed by atoms with Crippen molar-refractivity contribution in [1.82, 2.24) is 24.7 Å². The summed E-state index contributed by atoms with van der Waals surface area (Å²) >= 11 is 0. The molecule has 7 nitrogen and oxygen atoms in total. The van der Waals surface area contributed by atoms with E-state index in [4.69, 9.17) is 4.52 Å². The zero-order valence-electron chi connectivity index (χ0n) is 16.2. The van der Waals surface area contributed by atoms with Gasteiger partial charge >= 0.3 is 0 Å². The first-order valence-corrected chi connectivity index (χ1v) is 9.26. The van der Waals surface area contributed by atoms with Crippen molar-refractivity contribution in [1.29, 1.82) is 0 Å². The van der Waals surface area contributed by atoms with E-state index in [9.17, 15) is 4.79 Å². The maximum Gasteiger partial charge on any atom is 0.266 e. The molecule has 7 heteroatoms. The second kappa shape index (κ2) is 7.72. The third-order valence-corrected chi connectivity index (χ3v) is 4.97. The molecule has 1 aliphatic rings. The SMILES string of the molecule is Cc1oncc1CN1CCN(CCn2nc(C(C)(C)C)ccc2=O)CC1. The van der Waals surface area contributed by atoms with Gasteiger partial charge in [0.05, 0.1) is 18.4 Å². The molecule has 26 heavy (non-hydrogen) atoms. The Morgan fingerprint density at radius 2 is 1.77 bits per heavy atom. The highest BCUT2D eigenvalue weighted by Gasteiger charge is 2.19. The van der Waals surface area contributed by atoms with Crippen LogP contribution in [0.1, 0.15) is 37.8 Å². The van der Waals surface area contributed by atoms with E-state index in [2.05, 4.69) is 40.8 Å². The predicted octanol–water partition coefficient (Wildman–Crippen LogP) is 1.66. The van der Waals surface area contributed by atoms with Gasteiger partial charge in [0.15, 0.2) is 0 Å². The average Bonchev–Trinajstić information content (AvgIpc) is 2.99. The monoisotopic (exact) mass is 359 g/mol. The van der Waals surface area contributed by atoms with E-state index in [1.54, 1.807) is 10.7 Å². The number of hydrogen-bond acceptors (Lipinski definition) is 6. The molecule has 2 aromatic rings. The normalized spacial score (nSPS) is 16.9. The molecule has 0 saturated carbocycles. The Labute approximate surface area is 154 Å². The number of nitrogens with zero attached hydrogens (tertiary/aromatic N) is 5. The summed E-state index contributed by atoms with van der Waals surface area (Å²) in [5, 5.41) is 8.40. The molecule has 3 heterocycles. The van der Waals surface area contributed by atoms with Crippen LogP contribution in [-0.4, -0.2) is 57.5 Å². The number of aromatic nitrogens is 3. The molecule has 1 saturated heterocycles. The minimum Gasteiger partial charge on any atom is -0.361 e. The first-order valence-electron chi connectivity index (χ1n) is 9.26. The highest BCUT2D eigenvalue weighted by Crippen LogP contribution is 2.18. The maximum absolute atomic E-state index is 12.1. The van der Waals surface area contributed by atoms with Gasteiger partial charge in [0.25, 0.3) is 5.56 Å². The largest absolute Gasteiger partial charge is 0.361 e. The quantitative estimate of drug-likeness (QED) is 0.809. The molecule has 0 bridgehead atoms. The Balaban J connectivity index is 1.51. The van der Waals surface area contributed by atoms with Crippen molar-refractivity contribution in [2.45, 2.75) is 46.2 Å². The fourth-order valence-electron chi connectivity index (χ4n) is 3.13. The molecule has 0 N–H and O–H groups in total. The first kappa shape index (κ1) is 18.8. The van der Waals surface area contributed by atoms with E-state index in [0.29, 0.717) is 6.54 Å². The zero-order valence-corrected chi connectivity index (χ0v) is 16.2. The Morgan fingerprint density at radius 3 is 2.38 bits per heavy atom. The first-order chi connectivity index (χ1) is 12.3. The standard InChI is InChI=1S/C19H29N5O2/c1-15-16(13-20-26-15)14-23-9-7-22(8-10-23)11-12-24-18(25)6-5-17(21-24)19(2,3)4/h5-6,13H,7-12,14H2,1-4H3. The Morgan fingerprint density at radius 1 is 1.08 bits per heavy atom. The second-order valence-corrected chi connectivity index (χ2v) is 8.05. The summed E-state index contributed by atoms with van der Waals surface area (Å²) in [5.41, 5.74) is 2.03. The van der Waals surface area contributed by atoms with E-state index in [1.165, 1.54) is 0 Å². The van der Waals surface area contributed by atoms with E-state index in [0.717, 1.165) is 56.3 Å². The number of hydrogen-bond donors (Lipinski definition) is 0. The van der Waals surface area contributed by atoms with Crippen molar-refractivity contribution in [3.8, 4) is 0 Å². The third kappa shape index (κ3) is 4.59. The highest BCUT2D eigenvalue weighted by molar-refractivity contribution is 5.11. The van der Waals surface area contributed by atoms with Gasteiger partial charge in [-0.1, -0.05) is 25.9 Å². The molecule has 0 atom stereocenters. The molecule has 0 unspecified atom stereocenters. The molecule has 0 aromatic carbocycles. The summed E-state index contributed by atoms with van der Waals surface area (Å²) in [6.45, 7) is 14.7. The summed E-state index contributed by atoms with van der Waals surface area (Å²) in [4.78, 5) is 16.9. The van der Waals surface area contributed by atoms with Crippen LogP contribution in [0.15, 0.2) is 27.6 Å². The zero-order chi connectivity index (χ0) is 18.7. The van der Waals surface area contributed by atoms with Gasteiger partial charge in [-0.3, -0.25) is 14.6 Å². The van der Waals surface area contributed by atoms with Gasteiger partial charge in [-0.15, -0.1) is 0 Å². The fourth-order valence-corrected chi connectivity index (χ4v) is 3.13. The minimum absolute atomic E-state index is 0.0282. The van der Waals surface area contributed by atoms with Crippen LogP contribution in [0.2, 0.25) is 0 Å². The van der Waals surface area contributed by atoms with Crippen molar-refractivity contribution < 1.29 is 4.52 Å². The Bertz CT molecular complexity index is 782. The van der Waals surface area contributed by atoms with Gasteiger partial charge in [-0.05, 0) is 13.0 Å². The van der Waals surface area contributed by atoms with Crippen molar-refractivity contribution in [3.05, 3.63) is 45.7 Å². The summed E-state index contributed by atoms with van der Waals surface area (Å²) in [7, 11) is 0. The molecule has 1 fully saturated rings. The maximum atomic E-state index is 12.1. The summed E-state index contributed by atoms with van der Waals surface area (Å²) in [6, 6.07) is 3.47. The average molecular weight is 359 g/mol. The summed E-state index contributed by atoms with van der Waals surface area (Å²) in [5.74, 6) is 0.900. The van der Waals surface area contributed by atoms with E-state index in [-0.39, 0.29) is 11.0 Å². The molecular weight excluding hydrogens is 330 g/mol. The Hall–Kier alpha value is -1.99. The Kier molecular flexibility index (Phi) is 5.58. The van der Waals surface area contributed by atoms with Crippen molar-refractivity contribution in [3.63, 3.8) is 0 Å². The molecule has 0 spiro atoms. The lowest BCUT2D eigenvalue weighted by Gasteiger charge is -2.34. The summed E-state index contributed by atoms with van der Waals surface area (Å²) < 4.78 is 6.74. The molecule has 0 amide bonds. The molecule has 142 valence electrons. The van der Waals surface area contributed by atoms with Gasteiger partial charge in [-0.25, -0.2) is 4.68 Å². The molecule has 0 aliphatic carbocycles. The summed E-state index contributed by atoms with van der Waals surface area (Å²) in [6.07, 6.45) is 1.81. The fraction of sp³-hybridized carbons (Fsp3) is 0.632. The lowest BCUT2D eigenvalue weighted by Crippen LogP contribution is -2.47. The molecular formula is C19H29N5O2. The lowest BCUT2D eigenvalue weighted by molar-refractivity contribution is 0.122. The van der Waals surface area contributed by atoms with Crippen LogP contribution >= 0.6 is 0 Å². The van der Waals surface area contributed by atoms with Crippen LogP contribution in [0.5, 0.6) is 0 Å². The van der Waals surface area contributed by atoms with Crippen LogP contribution in [-0.2, 0) is 18.5 Å². The van der Waals surface area contributed by atoms with Gasteiger partial charge in [0.1, 0.15) is 5.76 Å². The number of aryl methyl sites for hydroxylation is 1. The predicted molar refractivity (Wildman–Crippen MR) is 100 cm³/mol. The van der Waals surface area contributed by atoms with Gasteiger partial charge < -0.3 is 4.52 Å². The van der Waals surface area contributed by atoms with Crippen molar-refractivity contribution in [2.75, 3.05) is 32.7 Å². The van der Waals surface area contributed by atoms with Crippen molar-refractivity contribution in [2.24, 2.45) is 0 Å².